The van der Waals surface area contributed by atoms with Gasteiger partial charge in [0, 0.05) is 16.0 Å². The largest absolute Gasteiger partial charge is 0.288 e. The predicted molar refractivity (Wildman–Crippen MR) is 106 cm³/mol. The van der Waals surface area contributed by atoms with Crippen LogP contribution in [-0.2, 0) is 0 Å². The standard InChI is InChI=1S/C23H24F2S/c1-2-17-5-11-20(12-6-17)21-13-7-18(8-14-21)3-4-19-9-15-22(16-10-19)26-23(24)25/h7-10,13-17,20,23H,2,5-6,11-12H2,1H3. The molecule has 0 radical (unpaired) electrons. The number of halogens is 2. The van der Waals surface area contributed by atoms with Gasteiger partial charge in [-0.3, -0.25) is 0 Å². The Hall–Kier alpha value is -1.79. The Bertz CT molecular complexity index is 746. The van der Waals surface area contributed by atoms with Crippen LogP contribution in [0, 0.1) is 17.8 Å². The van der Waals surface area contributed by atoms with E-state index in [1.165, 1.54) is 37.7 Å². The average Bonchev–Trinajstić information content (AvgIpc) is 2.67. The summed E-state index contributed by atoms with van der Waals surface area (Å²) in [6, 6.07) is 15.6. The van der Waals surface area contributed by atoms with Gasteiger partial charge in [0.1, 0.15) is 0 Å². The molecule has 136 valence electrons. The molecule has 0 bridgehead atoms. The van der Waals surface area contributed by atoms with Gasteiger partial charge in [-0.25, -0.2) is 0 Å². The molecule has 0 unspecified atom stereocenters. The Kier molecular flexibility index (Phi) is 6.74. The number of rotatable bonds is 4. The van der Waals surface area contributed by atoms with E-state index < -0.39 is 5.76 Å². The zero-order valence-electron chi connectivity index (χ0n) is 15.1. The Balaban J connectivity index is 1.60. The van der Waals surface area contributed by atoms with E-state index in [1.807, 2.05) is 0 Å². The van der Waals surface area contributed by atoms with Crippen molar-refractivity contribution in [2.24, 2.45) is 5.92 Å². The maximum absolute atomic E-state index is 12.3. The Labute approximate surface area is 159 Å². The second-order valence-corrected chi connectivity index (χ2v) is 7.96. The molecular formula is C23H24F2S. The van der Waals surface area contributed by atoms with Gasteiger partial charge < -0.3 is 0 Å². The summed E-state index contributed by atoms with van der Waals surface area (Å²) in [7, 11) is 0. The molecule has 2 aromatic rings. The van der Waals surface area contributed by atoms with E-state index in [9.17, 15) is 8.78 Å². The molecule has 0 spiro atoms. The SMILES string of the molecule is CCC1CCC(c2ccc(C#Cc3ccc(SC(F)F)cc3)cc2)CC1. The smallest absolute Gasteiger partial charge is 0.198 e. The summed E-state index contributed by atoms with van der Waals surface area (Å²) in [5.41, 5.74) is 3.26. The van der Waals surface area contributed by atoms with Crippen molar-refractivity contribution in [2.45, 2.75) is 55.6 Å². The van der Waals surface area contributed by atoms with Crippen molar-refractivity contribution in [3.05, 3.63) is 65.2 Å². The lowest BCUT2D eigenvalue weighted by Crippen LogP contribution is -2.12. The van der Waals surface area contributed by atoms with Gasteiger partial charge in [-0.1, -0.05) is 49.1 Å². The van der Waals surface area contributed by atoms with E-state index >= 15 is 0 Å². The van der Waals surface area contributed by atoms with Crippen molar-refractivity contribution in [1.29, 1.82) is 0 Å². The van der Waals surface area contributed by atoms with E-state index in [0.717, 1.165) is 17.0 Å². The molecule has 0 atom stereocenters. The molecule has 1 aliphatic rings. The van der Waals surface area contributed by atoms with Crippen molar-refractivity contribution in [1.82, 2.24) is 0 Å². The zero-order valence-corrected chi connectivity index (χ0v) is 15.9. The highest BCUT2D eigenvalue weighted by Gasteiger charge is 2.20. The highest BCUT2D eigenvalue weighted by molar-refractivity contribution is 7.99. The zero-order chi connectivity index (χ0) is 18.4. The fourth-order valence-corrected chi connectivity index (χ4v) is 4.11. The summed E-state index contributed by atoms with van der Waals surface area (Å²) in [4.78, 5) is 0.563. The van der Waals surface area contributed by atoms with Crippen molar-refractivity contribution < 1.29 is 8.78 Å². The van der Waals surface area contributed by atoms with Gasteiger partial charge in [-0.05, 0) is 79.5 Å². The minimum atomic E-state index is -2.39. The van der Waals surface area contributed by atoms with Crippen LogP contribution in [0.15, 0.2) is 53.4 Å². The molecule has 0 N–H and O–H groups in total. The van der Waals surface area contributed by atoms with E-state index in [4.69, 9.17) is 0 Å². The molecule has 26 heavy (non-hydrogen) atoms. The highest BCUT2D eigenvalue weighted by atomic mass is 32.2. The Morgan fingerprint density at radius 2 is 1.42 bits per heavy atom. The molecule has 1 fully saturated rings. The van der Waals surface area contributed by atoms with E-state index in [2.05, 4.69) is 43.0 Å². The topological polar surface area (TPSA) is 0 Å². The Morgan fingerprint density at radius 1 is 0.885 bits per heavy atom. The lowest BCUT2D eigenvalue weighted by Gasteiger charge is -2.28. The molecule has 1 aliphatic carbocycles. The molecule has 3 heteroatoms. The van der Waals surface area contributed by atoms with Crippen molar-refractivity contribution in [3.63, 3.8) is 0 Å². The molecule has 3 rings (SSSR count). The molecule has 0 nitrogen and oxygen atoms in total. The van der Waals surface area contributed by atoms with E-state index in [1.54, 1.807) is 24.3 Å². The third-order valence-electron chi connectivity index (χ3n) is 5.24. The third kappa shape index (κ3) is 5.35. The van der Waals surface area contributed by atoms with Crippen LogP contribution < -0.4 is 0 Å². The van der Waals surface area contributed by atoms with Crippen LogP contribution in [0.5, 0.6) is 0 Å². The first kappa shape index (κ1) is 19.0. The normalized spacial score (nSPS) is 19.8. The molecule has 0 amide bonds. The van der Waals surface area contributed by atoms with Crippen LogP contribution in [0.4, 0.5) is 8.78 Å². The first-order valence-corrected chi connectivity index (χ1v) is 10.2. The van der Waals surface area contributed by atoms with Crippen LogP contribution >= 0.6 is 11.8 Å². The minimum absolute atomic E-state index is 0.557. The summed E-state index contributed by atoms with van der Waals surface area (Å²) in [6.45, 7) is 2.30. The number of hydrogen-bond acceptors (Lipinski definition) is 1. The average molecular weight is 371 g/mol. The maximum atomic E-state index is 12.3. The summed E-state index contributed by atoms with van der Waals surface area (Å²) < 4.78 is 24.7. The Morgan fingerprint density at radius 3 is 1.92 bits per heavy atom. The molecular weight excluding hydrogens is 346 g/mol. The van der Waals surface area contributed by atoms with Crippen molar-refractivity contribution >= 4 is 11.8 Å². The molecule has 0 saturated heterocycles. The van der Waals surface area contributed by atoms with Gasteiger partial charge in [0.05, 0.1) is 0 Å². The number of alkyl halides is 2. The predicted octanol–water partition coefficient (Wildman–Crippen LogP) is 7.08. The summed E-state index contributed by atoms with van der Waals surface area (Å²) in [5, 5.41) is 0. The third-order valence-corrected chi connectivity index (χ3v) is 5.96. The van der Waals surface area contributed by atoms with Gasteiger partial charge in [0.25, 0.3) is 5.76 Å². The van der Waals surface area contributed by atoms with Crippen LogP contribution in [0.2, 0.25) is 0 Å². The second-order valence-electron chi connectivity index (χ2n) is 6.90. The van der Waals surface area contributed by atoms with Crippen LogP contribution in [0.25, 0.3) is 0 Å². The number of thioether (sulfide) groups is 1. The highest BCUT2D eigenvalue weighted by Crippen LogP contribution is 2.36. The van der Waals surface area contributed by atoms with Gasteiger partial charge in [-0.15, -0.1) is 0 Å². The van der Waals surface area contributed by atoms with Gasteiger partial charge in [-0.2, -0.15) is 8.78 Å². The first-order chi connectivity index (χ1) is 12.6. The minimum Gasteiger partial charge on any atom is -0.198 e. The molecule has 0 aliphatic heterocycles. The van der Waals surface area contributed by atoms with Gasteiger partial charge in [0.2, 0.25) is 0 Å². The van der Waals surface area contributed by atoms with Gasteiger partial charge >= 0.3 is 0 Å². The summed E-state index contributed by atoms with van der Waals surface area (Å²) in [5.74, 6) is 5.50. The van der Waals surface area contributed by atoms with Gasteiger partial charge in [0.15, 0.2) is 0 Å². The molecule has 2 aromatic carbocycles. The molecule has 0 aromatic heterocycles. The fourth-order valence-electron chi connectivity index (χ4n) is 3.61. The quantitative estimate of drug-likeness (QED) is 0.409. The van der Waals surface area contributed by atoms with Crippen LogP contribution in [0.3, 0.4) is 0 Å². The lowest BCUT2D eigenvalue weighted by atomic mass is 9.78. The summed E-state index contributed by atoms with van der Waals surface area (Å²) in [6.07, 6.45) is 6.60. The monoisotopic (exact) mass is 370 g/mol. The second kappa shape index (κ2) is 9.24. The fraction of sp³-hybridized carbons (Fsp3) is 0.391. The number of hydrogen-bond donors (Lipinski definition) is 0. The number of benzene rings is 2. The summed E-state index contributed by atoms with van der Waals surface area (Å²) >= 11 is 0.557. The molecule has 0 heterocycles. The van der Waals surface area contributed by atoms with E-state index in [0.29, 0.717) is 22.6 Å². The van der Waals surface area contributed by atoms with Crippen molar-refractivity contribution in [3.8, 4) is 11.8 Å². The van der Waals surface area contributed by atoms with Crippen molar-refractivity contribution in [2.75, 3.05) is 0 Å². The molecule has 1 saturated carbocycles. The van der Waals surface area contributed by atoms with Crippen LogP contribution in [0.1, 0.15) is 61.6 Å². The first-order valence-electron chi connectivity index (χ1n) is 9.31. The lowest BCUT2D eigenvalue weighted by molar-refractivity contribution is 0.252. The van der Waals surface area contributed by atoms with E-state index in [-0.39, 0.29) is 0 Å². The maximum Gasteiger partial charge on any atom is 0.288 e. The van der Waals surface area contributed by atoms with Crippen LogP contribution in [-0.4, -0.2) is 5.76 Å².